The van der Waals surface area contributed by atoms with Crippen LogP contribution in [0.5, 0.6) is 0 Å². The minimum absolute atomic E-state index is 0.0459. The van der Waals surface area contributed by atoms with Gasteiger partial charge >= 0.3 is 12.0 Å². The second-order valence-electron chi connectivity index (χ2n) is 5.21. The zero-order valence-corrected chi connectivity index (χ0v) is 12.1. The first kappa shape index (κ1) is 16.0. The van der Waals surface area contributed by atoms with Gasteiger partial charge in [-0.2, -0.15) is 0 Å². The van der Waals surface area contributed by atoms with Crippen molar-refractivity contribution in [2.24, 2.45) is 0 Å². The highest BCUT2D eigenvalue weighted by Crippen LogP contribution is 2.18. The summed E-state index contributed by atoms with van der Waals surface area (Å²) in [6.45, 7) is 5.97. The second-order valence-corrected chi connectivity index (χ2v) is 5.21. The van der Waals surface area contributed by atoms with Gasteiger partial charge in [-0.25, -0.2) is 4.79 Å². The van der Waals surface area contributed by atoms with E-state index in [-0.39, 0.29) is 18.5 Å². The fraction of sp³-hybridized carbons (Fsp3) is 0.467. The third-order valence-electron chi connectivity index (χ3n) is 2.98. The van der Waals surface area contributed by atoms with Crippen molar-refractivity contribution in [3.05, 3.63) is 29.8 Å². The van der Waals surface area contributed by atoms with Gasteiger partial charge < -0.3 is 15.7 Å². The van der Waals surface area contributed by atoms with Crippen LogP contribution in [0.25, 0.3) is 0 Å². The van der Waals surface area contributed by atoms with Crippen molar-refractivity contribution in [2.45, 2.75) is 45.6 Å². The first-order chi connectivity index (χ1) is 9.38. The Morgan fingerprint density at radius 3 is 2.55 bits per heavy atom. The average molecular weight is 278 g/mol. The monoisotopic (exact) mass is 278 g/mol. The molecule has 0 aromatic heterocycles. The van der Waals surface area contributed by atoms with Gasteiger partial charge in [0.25, 0.3) is 0 Å². The predicted octanol–water partition coefficient (Wildman–Crippen LogP) is 3.18. The highest BCUT2D eigenvalue weighted by molar-refractivity contribution is 5.89. The maximum absolute atomic E-state index is 11.8. The van der Waals surface area contributed by atoms with E-state index < -0.39 is 5.97 Å². The lowest BCUT2D eigenvalue weighted by atomic mass is 10.0. The topological polar surface area (TPSA) is 78.4 Å². The zero-order valence-electron chi connectivity index (χ0n) is 12.1. The van der Waals surface area contributed by atoms with Crippen LogP contribution < -0.4 is 10.6 Å². The molecular formula is C15H22N2O3. The molecule has 0 heterocycles. The Morgan fingerprint density at radius 2 is 1.95 bits per heavy atom. The van der Waals surface area contributed by atoms with Crippen molar-refractivity contribution >= 4 is 17.7 Å². The van der Waals surface area contributed by atoms with Gasteiger partial charge in [-0.1, -0.05) is 26.0 Å². The van der Waals surface area contributed by atoms with Gasteiger partial charge in [-0.3, -0.25) is 4.79 Å². The number of hydrogen-bond acceptors (Lipinski definition) is 2. The molecule has 0 aliphatic rings. The largest absolute Gasteiger partial charge is 0.481 e. The number of hydrogen-bond donors (Lipinski definition) is 3. The number of carboxylic acid groups (broad SMARTS) is 1. The third-order valence-corrected chi connectivity index (χ3v) is 2.98. The number of benzene rings is 1. The number of urea groups is 1. The molecule has 1 atom stereocenters. The van der Waals surface area contributed by atoms with E-state index >= 15 is 0 Å². The standard InChI is InChI=1S/C15H22N2O3/c1-10(2)12-5-4-6-13(9-12)17-15(20)16-11(3)7-8-14(18)19/h4-6,9-11H,7-8H2,1-3H3,(H,18,19)(H2,16,17,20). The van der Waals surface area contributed by atoms with Crippen molar-refractivity contribution in [2.75, 3.05) is 5.32 Å². The van der Waals surface area contributed by atoms with E-state index in [0.29, 0.717) is 12.3 Å². The highest BCUT2D eigenvalue weighted by Gasteiger charge is 2.09. The summed E-state index contributed by atoms with van der Waals surface area (Å²) < 4.78 is 0. The number of nitrogens with one attached hydrogen (secondary N) is 2. The number of anilines is 1. The van der Waals surface area contributed by atoms with Crippen LogP contribution in [-0.4, -0.2) is 23.1 Å². The van der Waals surface area contributed by atoms with Gasteiger partial charge in [0, 0.05) is 18.2 Å². The van der Waals surface area contributed by atoms with Crippen LogP contribution in [0.1, 0.15) is 45.1 Å². The van der Waals surface area contributed by atoms with E-state index in [1.165, 1.54) is 0 Å². The van der Waals surface area contributed by atoms with E-state index in [1.54, 1.807) is 6.92 Å². The molecule has 1 unspecified atom stereocenters. The molecule has 0 aliphatic heterocycles. The van der Waals surface area contributed by atoms with E-state index in [9.17, 15) is 9.59 Å². The molecule has 1 aromatic carbocycles. The molecule has 0 spiro atoms. The number of rotatable bonds is 6. The van der Waals surface area contributed by atoms with Crippen molar-refractivity contribution < 1.29 is 14.7 Å². The lowest BCUT2D eigenvalue weighted by Crippen LogP contribution is -2.36. The summed E-state index contributed by atoms with van der Waals surface area (Å²) in [6.07, 6.45) is 0.457. The van der Waals surface area contributed by atoms with E-state index in [4.69, 9.17) is 5.11 Å². The molecule has 110 valence electrons. The van der Waals surface area contributed by atoms with Gasteiger partial charge in [0.2, 0.25) is 0 Å². The lowest BCUT2D eigenvalue weighted by molar-refractivity contribution is -0.137. The molecule has 0 radical (unpaired) electrons. The summed E-state index contributed by atoms with van der Waals surface area (Å²) >= 11 is 0. The summed E-state index contributed by atoms with van der Waals surface area (Å²) in [5.74, 6) is -0.460. The smallest absolute Gasteiger partial charge is 0.319 e. The number of carbonyl (C=O) groups excluding carboxylic acids is 1. The molecule has 5 nitrogen and oxygen atoms in total. The van der Waals surface area contributed by atoms with Crippen LogP contribution in [0, 0.1) is 0 Å². The fourth-order valence-electron chi connectivity index (χ4n) is 1.78. The Bertz CT molecular complexity index is 472. The Labute approximate surface area is 119 Å². The number of carbonyl (C=O) groups is 2. The third kappa shape index (κ3) is 5.73. The van der Waals surface area contributed by atoms with Crippen molar-refractivity contribution in [1.29, 1.82) is 0 Å². The average Bonchev–Trinajstić information content (AvgIpc) is 2.36. The summed E-state index contributed by atoms with van der Waals surface area (Å²) in [6, 6.07) is 7.19. The highest BCUT2D eigenvalue weighted by atomic mass is 16.4. The molecule has 1 rings (SSSR count). The predicted molar refractivity (Wildman–Crippen MR) is 79.0 cm³/mol. The number of carboxylic acids is 1. The summed E-state index contributed by atoms with van der Waals surface area (Å²) in [5.41, 5.74) is 1.89. The van der Waals surface area contributed by atoms with Crippen molar-refractivity contribution in [3.8, 4) is 0 Å². The second kappa shape index (κ2) is 7.53. The Balaban J connectivity index is 2.49. The van der Waals surface area contributed by atoms with Crippen LogP contribution in [0.15, 0.2) is 24.3 Å². The zero-order chi connectivity index (χ0) is 15.1. The minimum Gasteiger partial charge on any atom is -0.481 e. The van der Waals surface area contributed by atoms with E-state index in [2.05, 4.69) is 24.5 Å². The normalized spacial score (nSPS) is 12.0. The lowest BCUT2D eigenvalue weighted by Gasteiger charge is -2.14. The molecule has 20 heavy (non-hydrogen) atoms. The van der Waals surface area contributed by atoms with Gasteiger partial charge in [0.15, 0.2) is 0 Å². The summed E-state index contributed by atoms with van der Waals surface area (Å²) in [5, 5.41) is 14.1. The van der Waals surface area contributed by atoms with Crippen LogP contribution >= 0.6 is 0 Å². The number of aliphatic carboxylic acids is 1. The molecule has 2 amide bonds. The molecule has 3 N–H and O–H groups in total. The van der Waals surface area contributed by atoms with Crippen LogP contribution in [0.2, 0.25) is 0 Å². The SMILES string of the molecule is CC(CCC(=O)O)NC(=O)Nc1cccc(C(C)C)c1. The minimum atomic E-state index is -0.858. The Morgan fingerprint density at radius 1 is 1.25 bits per heavy atom. The Kier molecular flexibility index (Phi) is 6.03. The molecule has 5 heteroatoms. The van der Waals surface area contributed by atoms with Crippen LogP contribution in [0.4, 0.5) is 10.5 Å². The van der Waals surface area contributed by atoms with Crippen molar-refractivity contribution in [3.63, 3.8) is 0 Å². The van der Waals surface area contributed by atoms with Crippen LogP contribution in [-0.2, 0) is 4.79 Å². The molecular weight excluding hydrogens is 256 g/mol. The molecule has 0 saturated heterocycles. The summed E-state index contributed by atoms with van der Waals surface area (Å²) in [4.78, 5) is 22.2. The van der Waals surface area contributed by atoms with Gasteiger partial charge in [-0.15, -0.1) is 0 Å². The maximum Gasteiger partial charge on any atom is 0.319 e. The van der Waals surface area contributed by atoms with Gasteiger partial charge in [0.1, 0.15) is 0 Å². The molecule has 0 saturated carbocycles. The molecule has 0 bridgehead atoms. The molecule has 0 fully saturated rings. The first-order valence-electron chi connectivity index (χ1n) is 6.77. The molecule has 0 aliphatic carbocycles. The maximum atomic E-state index is 11.8. The quantitative estimate of drug-likeness (QED) is 0.747. The van der Waals surface area contributed by atoms with Gasteiger partial charge in [0.05, 0.1) is 0 Å². The summed E-state index contributed by atoms with van der Waals surface area (Å²) in [7, 11) is 0. The van der Waals surface area contributed by atoms with Crippen molar-refractivity contribution in [1.82, 2.24) is 5.32 Å². The number of amides is 2. The first-order valence-corrected chi connectivity index (χ1v) is 6.77. The van der Waals surface area contributed by atoms with E-state index in [0.717, 1.165) is 11.3 Å². The fourth-order valence-corrected chi connectivity index (χ4v) is 1.78. The van der Waals surface area contributed by atoms with E-state index in [1.807, 2.05) is 24.3 Å². The van der Waals surface area contributed by atoms with Crippen LogP contribution in [0.3, 0.4) is 0 Å². The molecule has 1 aromatic rings. The van der Waals surface area contributed by atoms with Gasteiger partial charge in [-0.05, 0) is 37.0 Å². The Hall–Kier alpha value is -2.04.